The third kappa shape index (κ3) is 3.54. The van der Waals surface area contributed by atoms with E-state index in [1.807, 2.05) is 0 Å². The van der Waals surface area contributed by atoms with Gasteiger partial charge in [-0.25, -0.2) is 0 Å². The molecule has 1 aliphatic heterocycles. The highest BCUT2D eigenvalue weighted by atomic mass is 16.5. The second-order valence-corrected chi connectivity index (χ2v) is 5.71. The van der Waals surface area contributed by atoms with Gasteiger partial charge in [0.1, 0.15) is 0 Å². The number of nitrogens with one attached hydrogen (secondary N) is 1. The van der Waals surface area contributed by atoms with Crippen LogP contribution in [0.5, 0.6) is 0 Å². The molecule has 5 nitrogen and oxygen atoms in total. The Balaban J connectivity index is 2.01. The zero-order valence-electron chi connectivity index (χ0n) is 12.5. The monoisotopic (exact) mass is 266 g/mol. The molecular weight excluding hydrogens is 240 g/mol. The van der Waals surface area contributed by atoms with Gasteiger partial charge in [0.05, 0.1) is 6.54 Å². The molecule has 108 valence electrons. The SMILES string of the molecule is CCC1CN(Cc2noc(C(C)C)n2)C(CC)CN1. The fourth-order valence-electron chi connectivity index (χ4n) is 2.55. The normalized spacial score (nSPS) is 25.1. The summed E-state index contributed by atoms with van der Waals surface area (Å²) < 4.78 is 5.29. The molecule has 1 aliphatic rings. The summed E-state index contributed by atoms with van der Waals surface area (Å²) in [5, 5.41) is 7.71. The molecule has 1 saturated heterocycles. The van der Waals surface area contributed by atoms with Crippen LogP contribution >= 0.6 is 0 Å². The van der Waals surface area contributed by atoms with Crippen LogP contribution in [0.2, 0.25) is 0 Å². The smallest absolute Gasteiger partial charge is 0.229 e. The minimum atomic E-state index is 0.301. The molecule has 2 unspecified atom stereocenters. The number of aromatic nitrogens is 2. The zero-order chi connectivity index (χ0) is 13.8. The minimum absolute atomic E-state index is 0.301. The average Bonchev–Trinajstić information content (AvgIpc) is 2.87. The topological polar surface area (TPSA) is 54.2 Å². The van der Waals surface area contributed by atoms with Gasteiger partial charge in [0.2, 0.25) is 5.89 Å². The summed E-state index contributed by atoms with van der Waals surface area (Å²) >= 11 is 0. The molecule has 1 aromatic heterocycles. The Hall–Kier alpha value is -0.940. The van der Waals surface area contributed by atoms with Crippen LogP contribution in [0.15, 0.2) is 4.52 Å². The van der Waals surface area contributed by atoms with E-state index in [9.17, 15) is 0 Å². The van der Waals surface area contributed by atoms with Gasteiger partial charge in [-0.15, -0.1) is 0 Å². The maximum atomic E-state index is 5.29. The third-order valence-corrected chi connectivity index (χ3v) is 3.90. The molecular formula is C14H26N4O. The van der Waals surface area contributed by atoms with Gasteiger partial charge in [0.25, 0.3) is 0 Å². The molecule has 0 saturated carbocycles. The molecule has 2 atom stereocenters. The molecule has 1 aromatic rings. The first kappa shape index (κ1) is 14.5. The van der Waals surface area contributed by atoms with E-state index >= 15 is 0 Å². The predicted octanol–water partition coefficient (Wildman–Crippen LogP) is 2.16. The Morgan fingerprint density at radius 1 is 1.37 bits per heavy atom. The van der Waals surface area contributed by atoms with Gasteiger partial charge in [0, 0.05) is 31.1 Å². The Morgan fingerprint density at radius 3 is 2.74 bits per heavy atom. The largest absolute Gasteiger partial charge is 0.339 e. The molecule has 0 amide bonds. The molecule has 1 N–H and O–H groups in total. The van der Waals surface area contributed by atoms with Gasteiger partial charge < -0.3 is 9.84 Å². The van der Waals surface area contributed by atoms with Gasteiger partial charge in [-0.2, -0.15) is 4.98 Å². The summed E-state index contributed by atoms with van der Waals surface area (Å²) in [5.41, 5.74) is 0. The van der Waals surface area contributed by atoms with Crippen molar-refractivity contribution in [3.8, 4) is 0 Å². The van der Waals surface area contributed by atoms with Crippen LogP contribution in [0.3, 0.4) is 0 Å². The van der Waals surface area contributed by atoms with Crippen molar-refractivity contribution < 1.29 is 4.52 Å². The number of rotatable bonds is 5. The number of hydrogen-bond donors (Lipinski definition) is 1. The van der Waals surface area contributed by atoms with Gasteiger partial charge in [0.15, 0.2) is 5.82 Å². The first-order valence-corrected chi connectivity index (χ1v) is 7.43. The van der Waals surface area contributed by atoms with Crippen LogP contribution < -0.4 is 5.32 Å². The fourth-order valence-corrected chi connectivity index (χ4v) is 2.55. The van der Waals surface area contributed by atoms with E-state index in [2.05, 4.69) is 48.1 Å². The lowest BCUT2D eigenvalue weighted by Crippen LogP contribution is -2.55. The molecule has 0 radical (unpaired) electrons. The van der Waals surface area contributed by atoms with Crippen molar-refractivity contribution in [2.45, 2.75) is 65.1 Å². The van der Waals surface area contributed by atoms with E-state index in [-0.39, 0.29) is 0 Å². The zero-order valence-corrected chi connectivity index (χ0v) is 12.5. The van der Waals surface area contributed by atoms with E-state index in [1.165, 1.54) is 0 Å². The Labute approximate surface area is 115 Å². The van der Waals surface area contributed by atoms with E-state index in [0.717, 1.165) is 44.2 Å². The van der Waals surface area contributed by atoms with Crippen molar-refractivity contribution in [2.24, 2.45) is 0 Å². The van der Waals surface area contributed by atoms with E-state index in [4.69, 9.17) is 4.52 Å². The predicted molar refractivity (Wildman–Crippen MR) is 75.0 cm³/mol. The van der Waals surface area contributed by atoms with Crippen molar-refractivity contribution in [3.05, 3.63) is 11.7 Å². The quantitative estimate of drug-likeness (QED) is 0.885. The second-order valence-electron chi connectivity index (χ2n) is 5.71. The van der Waals surface area contributed by atoms with Crippen LogP contribution in [0, 0.1) is 0 Å². The summed E-state index contributed by atoms with van der Waals surface area (Å²) in [6, 6.07) is 1.16. The number of piperazine rings is 1. The van der Waals surface area contributed by atoms with Crippen molar-refractivity contribution in [2.75, 3.05) is 13.1 Å². The summed E-state index contributed by atoms with van der Waals surface area (Å²) in [4.78, 5) is 6.97. The third-order valence-electron chi connectivity index (χ3n) is 3.90. The Bertz CT molecular complexity index is 391. The van der Waals surface area contributed by atoms with E-state index in [0.29, 0.717) is 18.0 Å². The molecule has 1 fully saturated rings. The molecule has 5 heteroatoms. The van der Waals surface area contributed by atoms with Crippen molar-refractivity contribution in [1.82, 2.24) is 20.4 Å². The van der Waals surface area contributed by atoms with Crippen LogP contribution in [-0.2, 0) is 6.54 Å². The van der Waals surface area contributed by atoms with Gasteiger partial charge >= 0.3 is 0 Å². The standard InChI is InChI=1S/C14H26N4O/c1-5-11-8-18(12(6-2)7-15-11)9-13-16-14(10(3)4)19-17-13/h10-12,15H,5-9H2,1-4H3. The summed E-state index contributed by atoms with van der Waals surface area (Å²) in [6.07, 6.45) is 2.31. The Morgan fingerprint density at radius 2 is 2.16 bits per heavy atom. The minimum Gasteiger partial charge on any atom is -0.339 e. The van der Waals surface area contributed by atoms with Crippen molar-refractivity contribution >= 4 is 0 Å². The van der Waals surface area contributed by atoms with E-state index < -0.39 is 0 Å². The summed E-state index contributed by atoms with van der Waals surface area (Å²) in [7, 11) is 0. The maximum Gasteiger partial charge on any atom is 0.229 e. The highest BCUT2D eigenvalue weighted by Gasteiger charge is 2.27. The maximum absolute atomic E-state index is 5.29. The van der Waals surface area contributed by atoms with Crippen LogP contribution in [0.1, 0.15) is 58.2 Å². The number of hydrogen-bond acceptors (Lipinski definition) is 5. The van der Waals surface area contributed by atoms with Gasteiger partial charge in [-0.3, -0.25) is 4.90 Å². The van der Waals surface area contributed by atoms with Crippen LogP contribution in [0.25, 0.3) is 0 Å². The highest BCUT2D eigenvalue weighted by molar-refractivity contribution is 4.93. The molecule has 19 heavy (non-hydrogen) atoms. The van der Waals surface area contributed by atoms with E-state index in [1.54, 1.807) is 0 Å². The van der Waals surface area contributed by atoms with Crippen molar-refractivity contribution in [1.29, 1.82) is 0 Å². The first-order valence-electron chi connectivity index (χ1n) is 7.43. The Kier molecular flexibility index (Phi) is 4.93. The summed E-state index contributed by atoms with van der Waals surface area (Å²) in [6.45, 7) is 11.5. The molecule has 2 heterocycles. The lowest BCUT2D eigenvalue weighted by Gasteiger charge is -2.39. The average molecular weight is 266 g/mol. The molecule has 2 rings (SSSR count). The van der Waals surface area contributed by atoms with Gasteiger partial charge in [-0.1, -0.05) is 32.9 Å². The molecule has 0 aromatic carbocycles. The molecule has 0 bridgehead atoms. The molecule has 0 aliphatic carbocycles. The lowest BCUT2D eigenvalue weighted by atomic mass is 10.1. The highest BCUT2D eigenvalue weighted by Crippen LogP contribution is 2.16. The second kappa shape index (κ2) is 6.48. The van der Waals surface area contributed by atoms with Crippen molar-refractivity contribution in [3.63, 3.8) is 0 Å². The number of nitrogens with zero attached hydrogens (tertiary/aromatic N) is 3. The van der Waals surface area contributed by atoms with Crippen LogP contribution in [-0.4, -0.2) is 40.2 Å². The van der Waals surface area contributed by atoms with Gasteiger partial charge in [-0.05, 0) is 12.8 Å². The first-order chi connectivity index (χ1) is 9.13. The molecule has 0 spiro atoms. The summed E-state index contributed by atoms with van der Waals surface area (Å²) in [5.74, 6) is 1.86. The lowest BCUT2D eigenvalue weighted by molar-refractivity contribution is 0.113. The van der Waals surface area contributed by atoms with Crippen LogP contribution in [0.4, 0.5) is 0 Å². The fraction of sp³-hybridized carbons (Fsp3) is 0.857.